The Morgan fingerprint density at radius 2 is 1.68 bits per heavy atom. The van der Waals surface area contributed by atoms with Crippen molar-refractivity contribution in [3.05, 3.63) is 35.4 Å². The number of benzene rings is 1. The molecule has 4 nitrogen and oxygen atoms in total. The summed E-state index contributed by atoms with van der Waals surface area (Å²) in [5.74, 6) is 0. The first-order valence-electron chi connectivity index (χ1n) is 7.18. The van der Waals surface area contributed by atoms with Crippen LogP contribution in [-0.4, -0.2) is 51.1 Å². The van der Waals surface area contributed by atoms with Crippen LogP contribution in [0.2, 0.25) is 0 Å². The number of aliphatic hydroxyl groups is 3. The SMILES string of the molecule is CC[C@@H]1[C@@H](O)[C@H](O)[C@@H](O)CN1Cc1ccc(C(F)(F)F)cc1. The molecule has 1 saturated heterocycles. The zero-order valence-electron chi connectivity index (χ0n) is 12.2. The number of hydrogen-bond donors (Lipinski definition) is 3. The highest BCUT2D eigenvalue weighted by Gasteiger charge is 2.40. The third-order valence-electron chi connectivity index (χ3n) is 4.11. The first-order chi connectivity index (χ1) is 10.2. The lowest BCUT2D eigenvalue weighted by Crippen LogP contribution is -2.60. The molecule has 0 aromatic heterocycles. The van der Waals surface area contributed by atoms with E-state index in [4.69, 9.17) is 0 Å². The number of hydrogen-bond acceptors (Lipinski definition) is 4. The van der Waals surface area contributed by atoms with Crippen LogP contribution in [0.1, 0.15) is 24.5 Å². The van der Waals surface area contributed by atoms with Gasteiger partial charge in [0.05, 0.1) is 17.8 Å². The molecule has 0 radical (unpaired) electrons. The molecule has 22 heavy (non-hydrogen) atoms. The van der Waals surface area contributed by atoms with Gasteiger partial charge in [0.2, 0.25) is 0 Å². The number of alkyl halides is 3. The van der Waals surface area contributed by atoms with Crippen LogP contribution < -0.4 is 0 Å². The summed E-state index contributed by atoms with van der Waals surface area (Å²) in [5, 5.41) is 29.5. The molecular weight excluding hydrogens is 299 g/mol. The van der Waals surface area contributed by atoms with Crippen molar-refractivity contribution in [2.45, 2.75) is 50.4 Å². The van der Waals surface area contributed by atoms with Gasteiger partial charge in [-0.1, -0.05) is 19.1 Å². The molecular formula is C15H20F3NO3. The van der Waals surface area contributed by atoms with Crippen LogP contribution in [0.25, 0.3) is 0 Å². The molecule has 0 amide bonds. The second kappa shape index (κ2) is 6.54. The molecule has 1 aromatic rings. The molecule has 1 aromatic carbocycles. The van der Waals surface area contributed by atoms with E-state index in [-0.39, 0.29) is 12.6 Å². The number of β-amino-alcohol motifs (C(OH)–C–C–N with tert-alkyl or cyclic N) is 1. The lowest BCUT2D eigenvalue weighted by molar-refractivity contribution is -0.139. The van der Waals surface area contributed by atoms with Crippen LogP contribution in [0, 0.1) is 0 Å². The highest BCUT2D eigenvalue weighted by Crippen LogP contribution is 2.30. The molecule has 0 saturated carbocycles. The van der Waals surface area contributed by atoms with Gasteiger partial charge in [-0.15, -0.1) is 0 Å². The first-order valence-corrected chi connectivity index (χ1v) is 7.18. The van der Waals surface area contributed by atoms with Crippen molar-refractivity contribution in [2.75, 3.05) is 6.54 Å². The molecule has 124 valence electrons. The van der Waals surface area contributed by atoms with E-state index in [1.165, 1.54) is 12.1 Å². The number of piperidine rings is 1. The minimum Gasteiger partial charge on any atom is -0.389 e. The Balaban J connectivity index is 2.11. The van der Waals surface area contributed by atoms with E-state index >= 15 is 0 Å². The van der Waals surface area contributed by atoms with Crippen LogP contribution in [0.15, 0.2) is 24.3 Å². The van der Waals surface area contributed by atoms with E-state index in [0.29, 0.717) is 18.5 Å². The fourth-order valence-electron chi connectivity index (χ4n) is 2.87. The summed E-state index contributed by atoms with van der Waals surface area (Å²) < 4.78 is 37.6. The maximum absolute atomic E-state index is 12.5. The highest BCUT2D eigenvalue weighted by molar-refractivity contribution is 5.24. The largest absolute Gasteiger partial charge is 0.416 e. The van der Waals surface area contributed by atoms with E-state index < -0.39 is 30.1 Å². The van der Waals surface area contributed by atoms with E-state index in [2.05, 4.69) is 0 Å². The van der Waals surface area contributed by atoms with Crippen LogP contribution in [-0.2, 0) is 12.7 Å². The van der Waals surface area contributed by atoms with Gasteiger partial charge in [-0.2, -0.15) is 13.2 Å². The predicted molar refractivity (Wildman–Crippen MR) is 74.0 cm³/mol. The Labute approximate surface area is 126 Å². The second-order valence-electron chi connectivity index (χ2n) is 5.65. The van der Waals surface area contributed by atoms with E-state index in [0.717, 1.165) is 12.1 Å². The topological polar surface area (TPSA) is 63.9 Å². The fourth-order valence-corrected chi connectivity index (χ4v) is 2.87. The van der Waals surface area contributed by atoms with Crippen molar-refractivity contribution in [2.24, 2.45) is 0 Å². The molecule has 1 aliphatic rings. The number of aliphatic hydroxyl groups excluding tert-OH is 3. The average Bonchev–Trinajstić information content (AvgIpc) is 2.45. The molecule has 7 heteroatoms. The average molecular weight is 319 g/mol. The Hall–Kier alpha value is -1.15. The molecule has 0 spiro atoms. The van der Waals surface area contributed by atoms with E-state index in [9.17, 15) is 28.5 Å². The van der Waals surface area contributed by atoms with Crippen molar-refractivity contribution in [3.63, 3.8) is 0 Å². The van der Waals surface area contributed by atoms with Gasteiger partial charge in [0, 0.05) is 19.1 Å². The van der Waals surface area contributed by atoms with E-state index in [1.54, 1.807) is 4.90 Å². The van der Waals surface area contributed by atoms with Crippen LogP contribution in [0.4, 0.5) is 13.2 Å². The van der Waals surface area contributed by atoms with Gasteiger partial charge in [-0.3, -0.25) is 4.90 Å². The third kappa shape index (κ3) is 3.60. The Morgan fingerprint density at radius 3 is 2.18 bits per heavy atom. The minimum atomic E-state index is -4.37. The molecule has 1 heterocycles. The maximum Gasteiger partial charge on any atom is 0.416 e. The van der Waals surface area contributed by atoms with Crippen molar-refractivity contribution >= 4 is 0 Å². The lowest BCUT2D eigenvalue weighted by Gasteiger charge is -2.43. The number of nitrogens with zero attached hydrogens (tertiary/aromatic N) is 1. The second-order valence-corrected chi connectivity index (χ2v) is 5.65. The predicted octanol–water partition coefficient (Wildman–Crippen LogP) is 1.38. The zero-order chi connectivity index (χ0) is 16.5. The molecule has 4 atom stereocenters. The fraction of sp³-hybridized carbons (Fsp3) is 0.600. The van der Waals surface area contributed by atoms with Gasteiger partial charge >= 0.3 is 6.18 Å². The van der Waals surface area contributed by atoms with Gasteiger partial charge in [0.15, 0.2) is 0 Å². The van der Waals surface area contributed by atoms with Crippen molar-refractivity contribution in [1.82, 2.24) is 4.90 Å². The summed E-state index contributed by atoms with van der Waals surface area (Å²) in [6.45, 7) is 2.31. The Morgan fingerprint density at radius 1 is 1.09 bits per heavy atom. The molecule has 0 unspecified atom stereocenters. The molecule has 1 aliphatic heterocycles. The summed E-state index contributed by atoms with van der Waals surface area (Å²) in [6.07, 6.45) is -7.17. The number of rotatable bonds is 3. The van der Waals surface area contributed by atoms with Crippen molar-refractivity contribution < 1.29 is 28.5 Å². The standard InChI is InChI=1S/C15H20F3NO3/c1-2-11-13(21)14(22)12(20)8-19(11)7-9-3-5-10(6-4-9)15(16,17)18/h3-6,11-14,20-22H,2,7-8H2,1H3/t11-,12+,13-,14-/m1/s1. The summed E-state index contributed by atoms with van der Waals surface area (Å²) >= 11 is 0. The van der Waals surface area contributed by atoms with Gasteiger partial charge in [0.25, 0.3) is 0 Å². The summed E-state index contributed by atoms with van der Waals surface area (Å²) in [7, 11) is 0. The zero-order valence-corrected chi connectivity index (χ0v) is 12.2. The highest BCUT2D eigenvalue weighted by atomic mass is 19.4. The van der Waals surface area contributed by atoms with E-state index in [1.807, 2.05) is 6.92 Å². The molecule has 1 fully saturated rings. The van der Waals surface area contributed by atoms with Crippen LogP contribution in [0.5, 0.6) is 0 Å². The van der Waals surface area contributed by atoms with Crippen molar-refractivity contribution in [3.8, 4) is 0 Å². The normalized spacial score (nSPS) is 30.5. The minimum absolute atomic E-state index is 0.164. The maximum atomic E-state index is 12.5. The first kappa shape index (κ1) is 17.2. The summed E-state index contributed by atoms with van der Waals surface area (Å²) in [5.41, 5.74) is -0.0559. The Kier molecular flexibility index (Phi) is 5.11. The molecule has 3 N–H and O–H groups in total. The molecule has 0 bridgehead atoms. The molecule has 0 aliphatic carbocycles. The number of likely N-dealkylation sites (tertiary alicyclic amines) is 1. The smallest absolute Gasteiger partial charge is 0.389 e. The van der Waals surface area contributed by atoms with Crippen LogP contribution in [0.3, 0.4) is 0 Å². The quantitative estimate of drug-likeness (QED) is 0.788. The summed E-state index contributed by atoms with van der Waals surface area (Å²) in [4.78, 5) is 1.78. The van der Waals surface area contributed by atoms with Gasteiger partial charge in [0.1, 0.15) is 6.10 Å². The summed E-state index contributed by atoms with van der Waals surface area (Å²) in [6, 6.07) is 4.46. The molecule has 2 rings (SSSR count). The lowest BCUT2D eigenvalue weighted by atomic mass is 9.91. The third-order valence-corrected chi connectivity index (χ3v) is 4.11. The number of halogens is 3. The van der Waals surface area contributed by atoms with Crippen molar-refractivity contribution in [1.29, 1.82) is 0 Å². The van der Waals surface area contributed by atoms with Crippen LogP contribution >= 0.6 is 0 Å². The monoisotopic (exact) mass is 319 g/mol. The van der Waals surface area contributed by atoms with Gasteiger partial charge in [-0.25, -0.2) is 0 Å². The Bertz CT molecular complexity index is 492. The van der Waals surface area contributed by atoms with Gasteiger partial charge < -0.3 is 15.3 Å². The van der Waals surface area contributed by atoms with Gasteiger partial charge in [-0.05, 0) is 24.1 Å².